The van der Waals surface area contributed by atoms with Crippen LogP contribution in [0, 0.1) is 0 Å². The van der Waals surface area contributed by atoms with Gasteiger partial charge in [-0.2, -0.15) is 0 Å². The highest BCUT2D eigenvalue weighted by molar-refractivity contribution is 7.99. The molecule has 2 aliphatic carbocycles. The molecule has 5 rings (SSSR count). The lowest BCUT2D eigenvalue weighted by atomic mass is 9.88. The number of carbonyl (C=O) groups excluding carboxylic acids is 2. The summed E-state index contributed by atoms with van der Waals surface area (Å²) in [4.78, 5) is 30.7. The number of benzene rings is 1. The van der Waals surface area contributed by atoms with Crippen LogP contribution in [0.25, 0.3) is 21.9 Å². The van der Waals surface area contributed by atoms with Gasteiger partial charge < -0.3 is 0 Å². The van der Waals surface area contributed by atoms with Gasteiger partial charge in [0.1, 0.15) is 0 Å². The van der Waals surface area contributed by atoms with Crippen LogP contribution in [0.1, 0.15) is 27.1 Å². The summed E-state index contributed by atoms with van der Waals surface area (Å²) in [6.45, 7) is 0. The molecule has 3 nitrogen and oxygen atoms in total. The van der Waals surface area contributed by atoms with E-state index in [-0.39, 0.29) is 18.0 Å². The Morgan fingerprint density at radius 1 is 1.05 bits per heavy atom. The van der Waals surface area contributed by atoms with Crippen molar-refractivity contribution in [1.29, 1.82) is 0 Å². The van der Waals surface area contributed by atoms with Gasteiger partial charge in [0.05, 0.1) is 6.42 Å². The molecule has 0 fully saturated rings. The normalized spacial score (nSPS) is 15.8. The van der Waals surface area contributed by atoms with Gasteiger partial charge in [0.15, 0.2) is 11.6 Å². The summed E-state index contributed by atoms with van der Waals surface area (Å²) in [6, 6.07) is 6.00. The fraction of sp³-hybridized carbons (Fsp3) is 0.0625. The molecule has 2 aliphatic heterocycles. The fourth-order valence-electron chi connectivity index (χ4n) is 3.21. The Kier molecular flexibility index (Phi) is 1.73. The topological polar surface area (TPSA) is 47.0 Å². The molecule has 2 heterocycles. The summed E-state index contributed by atoms with van der Waals surface area (Å²) in [6.07, 6.45) is 3.61. The van der Waals surface area contributed by atoms with Crippen LogP contribution in [0.15, 0.2) is 40.4 Å². The predicted octanol–water partition coefficient (Wildman–Crippen LogP) is 3.57. The molecule has 0 atom stereocenters. The molecule has 94 valence electrons. The highest BCUT2D eigenvalue weighted by atomic mass is 32.2. The molecule has 4 heteroatoms. The monoisotopic (exact) mass is 277 g/mol. The van der Waals surface area contributed by atoms with Crippen LogP contribution in [0.5, 0.6) is 0 Å². The van der Waals surface area contributed by atoms with Crippen molar-refractivity contribution in [2.24, 2.45) is 0 Å². The third kappa shape index (κ3) is 1.07. The van der Waals surface area contributed by atoms with Crippen molar-refractivity contribution in [3.05, 3.63) is 41.7 Å². The van der Waals surface area contributed by atoms with E-state index >= 15 is 0 Å². The van der Waals surface area contributed by atoms with E-state index in [1.54, 1.807) is 6.20 Å². The molecule has 0 saturated heterocycles. The predicted molar refractivity (Wildman–Crippen MR) is 75.8 cm³/mol. The Balaban J connectivity index is 2.18. The number of fused-ring (bicyclic) bond motifs is 2. The maximum Gasteiger partial charge on any atom is 0.172 e. The molecule has 0 radical (unpaired) electrons. The van der Waals surface area contributed by atoms with Crippen LogP contribution in [-0.2, 0) is 0 Å². The van der Waals surface area contributed by atoms with Gasteiger partial charge in [-0.25, -0.2) is 0 Å². The molecule has 1 aromatic rings. The third-order valence-corrected chi connectivity index (χ3v) is 5.24. The minimum atomic E-state index is -0.0643. The molecule has 1 aromatic carbocycles. The van der Waals surface area contributed by atoms with Crippen molar-refractivity contribution in [2.45, 2.75) is 16.2 Å². The van der Waals surface area contributed by atoms with Crippen molar-refractivity contribution in [2.75, 3.05) is 0 Å². The number of rotatable bonds is 0. The number of ketones is 2. The smallest absolute Gasteiger partial charge is 0.172 e. The number of carbonyl (C=O) groups is 2. The number of Topliss-reactive ketones (excluding diaryl/α,β-unsaturated/α-hetero) is 2. The SMILES string of the molecule is O=C1CC(=O)c2c3c4cncc-4cc4ccc(c1c24)S3. The number of hydrogen-bond donors (Lipinski definition) is 0. The summed E-state index contributed by atoms with van der Waals surface area (Å²) in [7, 11) is 0. The average molecular weight is 277 g/mol. The summed E-state index contributed by atoms with van der Waals surface area (Å²) in [5, 5.41) is 1.79. The lowest BCUT2D eigenvalue weighted by molar-refractivity contribution is 0.0886. The summed E-state index contributed by atoms with van der Waals surface area (Å²) >= 11 is 1.52. The van der Waals surface area contributed by atoms with Crippen LogP contribution in [0.2, 0.25) is 0 Å². The molecule has 5 bridgehead atoms. The Labute approximate surface area is 118 Å². The number of nitrogens with zero attached hydrogens (tertiary/aromatic N) is 1. The maximum atomic E-state index is 12.4. The third-order valence-electron chi connectivity index (χ3n) is 4.05. The molecule has 0 spiro atoms. The van der Waals surface area contributed by atoms with E-state index in [1.165, 1.54) is 11.8 Å². The molecule has 0 N–H and O–H groups in total. The van der Waals surface area contributed by atoms with Gasteiger partial charge in [0, 0.05) is 49.8 Å². The van der Waals surface area contributed by atoms with E-state index in [2.05, 4.69) is 4.98 Å². The van der Waals surface area contributed by atoms with Crippen molar-refractivity contribution in [3.8, 4) is 11.1 Å². The quantitative estimate of drug-likeness (QED) is 0.461. The average Bonchev–Trinajstić information content (AvgIpc) is 2.85. The Bertz CT molecular complexity index is 945. The van der Waals surface area contributed by atoms with Gasteiger partial charge in [0.25, 0.3) is 0 Å². The first-order chi connectivity index (χ1) is 9.74. The van der Waals surface area contributed by atoms with E-state index in [0.717, 1.165) is 42.8 Å². The molecule has 0 amide bonds. The lowest BCUT2D eigenvalue weighted by Gasteiger charge is -2.23. The molecular weight excluding hydrogens is 270 g/mol. The standard InChI is InChI=1S/C16H7NO2S/c18-10-4-11(19)15-13-7-1-2-12(14(10)13)20-16(15)9-6-17-5-8(9)3-7/h1-3,5-6H,4H2. The second kappa shape index (κ2) is 3.27. The fourth-order valence-corrected chi connectivity index (χ4v) is 4.48. The van der Waals surface area contributed by atoms with Crippen molar-refractivity contribution in [3.63, 3.8) is 0 Å². The molecular formula is C16H7NO2S. The van der Waals surface area contributed by atoms with E-state index in [4.69, 9.17) is 0 Å². The molecule has 0 saturated carbocycles. The van der Waals surface area contributed by atoms with E-state index < -0.39 is 0 Å². The highest BCUT2D eigenvalue weighted by Crippen LogP contribution is 2.51. The van der Waals surface area contributed by atoms with E-state index in [9.17, 15) is 9.59 Å². The molecule has 20 heavy (non-hydrogen) atoms. The van der Waals surface area contributed by atoms with E-state index in [1.807, 2.05) is 24.4 Å². The molecule has 0 unspecified atom stereocenters. The van der Waals surface area contributed by atoms with Crippen LogP contribution >= 0.6 is 11.8 Å². The Morgan fingerprint density at radius 2 is 1.90 bits per heavy atom. The first kappa shape index (κ1) is 10.6. The van der Waals surface area contributed by atoms with Gasteiger partial charge in [-0.15, -0.1) is 0 Å². The van der Waals surface area contributed by atoms with E-state index in [0.29, 0.717) is 0 Å². The second-order valence-corrected chi connectivity index (χ2v) is 6.21. The number of aromatic nitrogens is 1. The van der Waals surface area contributed by atoms with Crippen molar-refractivity contribution in [1.82, 2.24) is 4.98 Å². The Morgan fingerprint density at radius 3 is 2.80 bits per heavy atom. The number of hydrogen-bond acceptors (Lipinski definition) is 4. The molecule has 0 aromatic heterocycles. The summed E-state index contributed by atoms with van der Waals surface area (Å²) in [5.41, 5.74) is 3.47. The van der Waals surface area contributed by atoms with Crippen LogP contribution in [-0.4, -0.2) is 16.6 Å². The van der Waals surface area contributed by atoms with Gasteiger partial charge in [-0.1, -0.05) is 17.8 Å². The minimum Gasteiger partial charge on any atom is -0.294 e. The minimum absolute atomic E-state index is 0.00762. The Hall–Kier alpha value is -2.20. The van der Waals surface area contributed by atoms with Crippen LogP contribution in [0.4, 0.5) is 0 Å². The highest BCUT2D eigenvalue weighted by Gasteiger charge is 2.35. The zero-order valence-corrected chi connectivity index (χ0v) is 11.1. The van der Waals surface area contributed by atoms with Crippen molar-refractivity contribution < 1.29 is 9.59 Å². The summed E-state index contributed by atoms with van der Waals surface area (Å²) < 4.78 is 0. The largest absolute Gasteiger partial charge is 0.294 e. The second-order valence-electron chi connectivity index (χ2n) is 5.15. The maximum absolute atomic E-state index is 12.4. The first-order valence-electron chi connectivity index (χ1n) is 6.36. The van der Waals surface area contributed by atoms with Gasteiger partial charge in [-0.05, 0) is 17.5 Å². The van der Waals surface area contributed by atoms with Crippen LogP contribution < -0.4 is 0 Å². The van der Waals surface area contributed by atoms with Crippen LogP contribution in [0.3, 0.4) is 0 Å². The zero-order valence-electron chi connectivity index (χ0n) is 10.3. The lowest BCUT2D eigenvalue weighted by Crippen LogP contribution is -2.19. The van der Waals surface area contributed by atoms with Gasteiger partial charge in [-0.3, -0.25) is 14.6 Å². The zero-order chi connectivity index (χ0) is 13.4. The first-order valence-corrected chi connectivity index (χ1v) is 7.17. The van der Waals surface area contributed by atoms with Gasteiger partial charge in [0.2, 0.25) is 0 Å². The molecule has 4 aliphatic rings. The van der Waals surface area contributed by atoms with Crippen molar-refractivity contribution >= 4 is 34.1 Å². The summed E-state index contributed by atoms with van der Waals surface area (Å²) in [5.74, 6) is -0.115. The van der Waals surface area contributed by atoms with Gasteiger partial charge >= 0.3 is 0 Å².